The van der Waals surface area contributed by atoms with E-state index in [-0.39, 0.29) is 17.2 Å². The highest BCUT2D eigenvalue weighted by Gasteiger charge is 2.18. The summed E-state index contributed by atoms with van der Waals surface area (Å²) < 4.78 is 19.8. The third-order valence-electron chi connectivity index (χ3n) is 5.94. The first-order valence-electron chi connectivity index (χ1n) is 13.3. The van der Waals surface area contributed by atoms with Crippen LogP contribution in [-0.4, -0.2) is 29.6 Å². The smallest absolute Gasteiger partial charge is 0.272 e. The van der Waals surface area contributed by atoms with Gasteiger partial charge in [-0.2, -0.15) is 0 Å². The Bertz CT molecular complexity index is 1580. The van der Waals surface area contributed by atoms with Crippen molar-refractivity contribution < 1.29 is 23.5 Å². The molecule has 214 valence electrons. The molecule has 4 aromatic rings. The van der Waals surface area contributed by atoms with Crippen LogP contribution in [0.25, 0.3) is 6.08 Å². The zero-order valence-electron chi connectivity index (χ0n) is 23.1. The van der Waals surface area contributed by atoms with E-state index in [0.29, 0.717) is 23.5 Å². The van der Waals surface area contributed by atoms with E-state index in [1.807, 2.05) is 13.0 Å². The number of carbonyl (C=O) groups is 3. The van der Waals surface area contributed by atoms with Gasteiger partial charge in [0.05, 0.1) is 11.9 Å². The van der Waals surface area contributed by atoms with Crippen LogP contribution < -0.4 is 20.7 Å². The Kier molecular flexibility index (Phi) is 10.5. The number of amides is 3. The summed E-state index contributed by atoms with van der Waals surface area (Å²) in [6.45, 7) is 4.25. The van der Waals surface area contributed by atoms with Gasteiger partial charge in [0.1, 0.15) is 17.3 Å². The molecule has 0 spiro atoms. The first-order chi connectivity index (χ1) is 20.3. The Morgan fingerprint density at radius 2 is 1.57 bits per heavy atom. The van der Waals surface area contributed by atoms with Crippen LogP contribution in [0.5, 0.6) is 5.75 Å². The van der Waals surface area contributed by atoms with Gasteiger partial charge in [0.15, 0.2) is 0 Å². The minimum absolute atomic E-state index is 0.130. The maximum absolute atomic E-state index is 14.4. The minimum Gasteiger partial charge on any atom is -0.494 e. The summed E-state index contributed by atoms with van der Waals surface area (Å²) in [6, 6.07) is 28.5. The molecule has 42 heavy (non-hydrogen) atoms. The second-order valence-corrected chi connectivity index (χ2v) is 10.5. The third-order valence-corrected chi connectivity index (χ3v) is 7.03. The van der Waals surface area contributed by atoms with Gasteiger partial charge in [-0.15, -0.1) is 11.8 Å². The molecule has 3 N–H and O–H groups in total. The van der Waals surface area contributed by atoms with Crippen LogP contribution in [0.1, 0.15) is 29.8 Å². The van der Waals surface area contributed by atoms with Crippen LogP contribution >= 0.6 is 11.8 Å². The number of anilines is 2. The molecule has 9 heteroatoms. The number of ether oxygens (including phenoxy) is 1. The molecule has 0 aliphatic rings. The van der Waals surface area contributed by atoms with Gasteiger partial charge in [0.25, 0.3) is 11.8 Å². The van der Waals surface area contributed by atoms with Gasteiger partial charge in [-0.3, -0.25) is 14.4 Å². The van der Waals surface area contributed by atoms with Crippen molar-refractivity contribution in [3.63, 3.8) is 0 Å². The van der Waals surface area contributed by atoms with E-state index in [2.05, 4.69) is 16.0 Å². The van der Waals surface area contributed by atoms with E-state index in [1.165, 1.54) is 36.0 Å². The van der Waals surface area contributed by atoms with Crippen molar-refractivity contribution >= 4 is 46.9 Å². The van der Waals surface area contributed by atoms with E-state index in [1.54, 1.807) is 85.8 Å². The van der Waals surface area contributed by atoms with Gasteiger partial charge in [-0.1, -0.05) is 42.5 Å². The summed E-state index contributed by atoms with van der Waals surface area (Å²) in [5.41, 5.74) is 1.46. The Hall–Kier alpha value is -4.89. The number of thioether (sulfide) groups is 1. The second kappa shape index (κ2) is 14.7. The average molecular weight is 584 g/mol. The summed E-state index contributed by atoms with van der Waals surface area (Å²) >= 11 is 1.32. The molecular formula is C33H30FN3O4S. The summed E-state index contributed by atoms with van der Waals surface area (Å²) in [5.74, 6) is -1.13. The lowest BCUT2D eigenvalue weighted by Gasteiger charge is -2.14. The predicted octanol–water partition coefficient (Wildman–Crippen LogP) is 6.75. The van der Waals surface area contributed by atoms with Crippen molar-refractivity contribution in [3.05, 3.63) is 126 Å². The number of hydrogen-bond donors (Lipinski definition) is 3. The quantitative estimate of drug-likeness (QED) is 0.134. The standard InChI is InChI=1S/C33H30FN3O4S/c1-3-41-27-18-16-25(17-19-27)35-31(38)22(2)42-28-14-9-13-26(21-28)36-33(40)30(20-24-12-7-8-15-29(24)34)37-32(39)23-10-5-4-6-11-23/h4-22H,3H2,1-2H3,(H,35,38)(H,36,40)(H,37,39)/b30-20-. The van der Waals surface area contributed by atoms with Crippen LogP contribution in [0.2, 0.25) is 0 Å². The van der Waals surface area contributed by atoms with Crippen LogP contribution in [0.4, 0.5) is 15.8 Å². The number of benzene rings is 4. The highest BCUT2D eigenvalue weighted by molar-refractivity contribution is 8.00. The summed E-state index contributed by atoms with van der Waals surface area (Å²) in [5, 5.41) is 7.82. The van der Waals surface area contributed by atoms with E-state index >= 15 is 0 Å². The Morgan fingerprint density at radius 1 is 0.857 bits per heavy atom. The van der Waals surface area contributed by atoms with E-state index in [9.17, 15) is 18.8 Å². The molecule has 0 bridgehead atoms. The highest BCUT2D eigenvalue weighted by Crippen LogP contribution is 2.27. The molecule has 4 rings (SSSR count). The normalized spacial score (nSPS) is 11.7. The number of rotatable bonds is 11. The SMILES string of the molecule is CCOc1ccc(NC(=O)C(C)Sc2cccc(NC(=O)/C(=C/c3ccccc3F)NC(=O)c3ccccc3)c2)cc1. The maximum atomic E-state index is 14.4. The highest BCUT2D eigenvalue weighted by atomic mass is 32.2. The molecule has 4 aromatic carbocycles. The zero-order valence-corrected chi connectivity index (χ0v) is 23.9. The Morgan fingerprint density at radius 3 is 2.29 bits per heavy atom. The zero-order chi connectivity index (χ0) is 29.9. The number of carbonyl (C=O) groups excluding carboxylic acids is 3. The summed E-state index contributed by atoms with van der Waals surface area (Å²) in [7, 11) is 0. The van der Waals surface area contributed by atoms with Crippen molar-refractivity contribution in [2.75, 3.05) is 17.2 Å². The molecule has 3 amide bonds. The molecule has 7 nitrogen and oxygen atoms in total. The maximum Gasteiger partial charge on any atom is 0.272 e. The molecule has 0 aromatic heterocycles. The van der Waals surface area contributed by atoms with E-state index in [4.69, 9.17) is 4.74 Å². The molecule has 0 aliphatic heterocycles. The lowest BCUT2D eigenvalue weighted by atomic mass is 10.1. The predicted molar refractivity (Wildman–Crippen MR) is 165 cm³/mol. The molecule has 0 aliphatic carbocycles. The van der Waals surface area contributed by atoms with Crippen molar-refractivity contribution in [2.24, 2.45) is 0 Å². The number of halogens is 1. The first kappa shape index (κ1) is 30.1. The molecule has 0 radical (unpaired) electrons. The summed E-state index contributed by atoms with van der Waals surface area (Å²) in [6.07, 6.45) is 1.29. The van der Waals surface area contributed by atoms with E-state index < -0.39 is 22.9 Å². The third kappa shape index (κ3) is 8.55. The van der Waals surface area contributed by atoms with Crippen LogP contribution in [0.15, 0.2) is 114 Å². The monoisotopic (exact) mass is 583 g/mol. The number of nitrogens with one attached hydrogen (secondary N) is 3. The lowest BCUT2D eigenvalue weighted by Crippen LogP contribution is -2.30. The lowest BCUT2D eigenvalue weighted by molar-refractivity contribution is -0.115. The van der Waals surface area contributed by atoms with Gasteiger partial charge in [0, 0.05) is 27.4 Å². The molecule has 1 unspecified atom stereocenters. The Balaban J connectivity index is 1.45. The van der Waals surface area contributed by atoms with Crippen molar-refractivity contribution in [1.29, 1.82) is 0 Å². The minimum atomic E-state index is -0.633. The molecule has 0 fully saturated rings. The summed E-state index contributed by atoms with van der Waals surface area (Å²) in [4.78, 5) is 39.7. The largest absolute Gasteiger partial charge is 0.494 e. The molecule has 0 heterocycles. The van der Waals surface area contributed by atoms with Crippen LogP contribution in [0.3, 0.4) is 0 Å². The van der Waals surface area contributed by atoms with Gasteiger partial charge < -0.3 is 20.7 Å². The van der Waals surface area contributed by atoms with Crippen molar-refractivity contribution in [1.82, 2.24) is 5.32 Å². The fourth-order valence-corrected chi connectivity index (χ4v) is 4.76. The Labute approximate surface area is 248 Å². The first-order valence-corrected chi connectivity index (χ1v) is 14.1. The topological polar surface area (TPSA) is 96.5 Å². The van der Waals surface area contributed by atoms with Gasteiger partial charge >= 0.3 is 0 Å². The van der Waals surface area contributed by atoms with Gasteiger partial charge in [0.2, 0.25) is 5.91 Å². The second-order valence-electron chi connectivity index (χ2n) is 9.09. The van der Waals surface area contributed by atoms with E-state index in [0.717, 1.165) is 10.6 Å². The molecule has 1 atom stereocenters. The van der Waals surface area contributed by atoms with Crippen LogP contribution in [0, 0.1) is 5.82 Å². The van der Waals surface area contributed by atoms with Crippen LogP contribution in [-0.2, 0) is 9.59 Å². The average Bonchev–Trinajstić information content (AvgIpc) is 2.99. The fourth-order valence-electron chi connectivity index (χ4n) is 3.84. The van der Waals surface area contributed by atoms with Crippen molar-refractivity contribution in [3.8, 4) is 5.75 Å². The van der Waals surface area contributed by atoms with Gasteiger partial charge in [-0.25, -0.2) is 4.39 Å². The fraction of sp³-hybridized carbons (Fsp3) is 0.121. The number of hydrogen-bond acceptors (Lipinski definition) is 5. The molecular weight excluding hydrogens is 553 g/mol. The molecule has 0 saturated heterocycles. The van der Waals surface area contributed by atoms with Crippen molar-refractivity contribution in [2.45, 2.75) is 24.0 Å². The van der Waals surface area contributed by atoms with Gasteiger partial charge in [-0.05, 0) is 80.6 Å². The molecule has 0 saturated carbocycles.